The van der Waals surface area contributed by atoms with Crippen LogP contribution in [0.15, 0.2) is 24.5 Å². The molecule has 2 aromatic heterocycles. The third-order valence-electron chi connectivity index (χ3n) is 3.24. The topological polar surface area (TPSA) is 54.9 Å². The van der Waals surface area contributed by atoms with Gasteiger partial charge in [-0.15, -0.1) is 17.3 Å². The van der Waals surface area contributed by atoms with Gasteiger partial charge in [0.1, 0.15) is 5.01 Å². The van der Waals surface area contributed by atoms with Crippen molar-refractivity contribution in [3.63, 3.8) is 0 Å². The van der Waals surface area contributed by atoms with Gasteiger partial charge in [-0.05, 0) is 32.2 Å². The van der Waals surface area contributed by atoms with Crippen molar-refractivity contribution in [1.82, 2.24) is 15.3 Å². The second-order valence-corrected chi connectivity index (χ2v) is 6.80. The van der Waals surface area contributed by atoms with Crippen molar-refractivity contribution in [2.24, 2.45) is 0 Å². The van der Waals surface area contributed by atoms with Crippen LogP contribution >= 0.6 is 23.1 Å². The molecule has 0 aliphatic rings. The van der Waals surface area contributed by atoms with E-state index in [1.165, 1.54) is 0 Å². The highest BCUT2D eigenvalue weighted by molar-refractivity contribution is 7.98. The first kappa shape index (κ1) is 17.5. The fourth-order valence-electron chi connectivity index (χ4n) is 2.12. The molecule has 2 heterocycles. The number of thiazole rings is 1. The van der Waals surface area contributed by atoms with Gasteiger partial charge in [-0.1, -0.05) is 5.92 Å². The highest BCUT2D eigenvalue weighted by Crippen LogP contribution is 2.33. The van der Waals surface area contributed by atoms with Crippen molar-refractivity contribution in [3.05, 3.63) is 35.1 Å². The van der Waals surface area contributed by atoms with E-state index in [1.807, 2.05) is 25.3 Å². The Morgan fingerprint density at radius 3 is 3.00 bits per heavy atom. The molecule has 0 spiro atoms. The maximum atomic E-state index is 12.5. The first-order chi connectivity index (χ1) is 11.2. The molecule has 1 amide bonds. The van der Waals surface area contributed by atoms with E-state index in [1.54, 1.807) is 42.4 Å². The van der Waals surface area contributed by atoms with E-state index in [0.29, 0.717) is 6.54 Å². The molecular weight excluding hydrogens is 326 g/mol. The summed E-state index contributed by atoms with van der Waals surface area (Å²) in [6.45, 7) is 4.10. The van der Waals surface area contributed by atoms with Crippen LogP contribution in [-0.2, 0) is 4.79 Å². The Hall–Kier alpha value is -1.84. The number of carbonyl (C=O) groups excluding carboxylic acids is 1. The molecule has 0 saturated carbocycles. The van der Waals surface area contributed by atoms with Crippen molar-refractivity contribution in [3.8, 4) is 22.4 Å². The Morgan fingerprint density at radius 1 is 1.52 bits per heavy atom. The molecule has 120 valence electrons. The summed E-state index contributed by atoms with van der Waals surface area (Å²) >= 11 is 3.22. The van der Waals surface area contributed by atoms with E-state index < -0.39 is 0 Å². The molecule has 0 radical (unpaired) electrons. The minimum Gasteiger partial charge on any atom is -0.345 e. The van der Waals surface area contributed by atoms with Crippen LogP contribution in [0.25, 0.3) is 10.6 Å². The summed E-state index contributed by atoms with van der Waals surface area (Å²) in [5.74, 6) is 6.18. The Kier molecular flexibility index (Phi) is 6.63. The Balaban J connectivity index is 2.26. The Labute approximate surface area is 145 Å². The van der Waals surface area contributed by atoms with Crippen LogP contribution < -0.4 is 5.32 Å². The van der Waals surface area contributed by atoms with Crippen molar-refractivity contribution in [1.29, 1.82) is 0 Å². The van der Waals surface area contributed by atoms with Crippen LogP contribution in [0.4, 0.5) is 0 Å². The predicted octanol–water partition coefficient (Wildman–Crippen LogP) is 3.10. The lowest BCUT2D eigenvalue weighted by atomic mass is 10.1. The first-order valence-corrected chi connectivity index (χ1v) is 9.42. The zero-order valence-electron chi connectivity index (χ0n) is 13.4. The average molecular weight is 345 g/mol. The highest BCUT2D eigenvalue weighted by atomic mass is 32.2. The van der Waals surface area contributed by atoms with E-state index >= 15 is 0 Å². The second kappa shape index (κ2) is 8.70. The number of aromatic nitrogens is 2. The summed E-state index contributed by atoms with van der Waals surface area (Å²) < 4.78 is 0. The largest absolute Gasteiger partial charge is 0.345 e. The molecule has 0 bridgehead atoms. The lowest BCUT2D eigenvalue weighted by molar-refractivity contribution is -0.121. The molecule has 0 aromatic carbocycles. The van der Waals surface area contributed by atoms with Crippen LogP contribution in [0.1, 0.15) is 23.4 Å². The molecule has 1 N–H and O–H groups in total. The Bertz CT molecular complexity index is 716. The quantitative estimate of drug-likeness (QED) is 0.818. The summed E-state index contributed by atoms with van der Waals surface area (Å²) in [5, 5.41) is 3.78. The van der Waals surface area contributed by atoms with Gasteiger partial charge in [-0.2, -0.15) is 11.8 Å². The molecule has 2 rings (SSSR count). The summed E-state index contributed by atoms with van der Waals surface area (Å²) in [4.78, 5) is 22.3. The van der Waals surface area contributed by atoms with E-state index in [-0.39, 0.29) is 11.8 Å². The molecule has 0 saturated heterocycles. The zero-order chi connectivity index (χ0) is 16.7. The van der Waals surface area contributed by atoms with Crippen molar-refractivity contribution >= 4 is 29.0 Å². The van der Waals surface area contributed by atoms with Crippen LogP contribution in [0.5, 0.6) is 0 Å². The minimum absolute atomic E-state index is 0.00610. The van der Waals surface area contributed by atoms with E-state index in [2.05, 4.69) is 27.1 Å². The van der Waals surface area contributed by atoms with E-state index in [4.69, 9.17) is 0 Å². The third-order valence-corrected chi connectivity index (χ3v) is 5.22. The molecule has 4 nitrogen and oxygen atoms in total. The molecular formula is C17H19N3OS2. The van der Waals surface area contributed by atoms with Crippen molar-refractivity contribution in [2.75, 3.05) is 18.6 Å². The van der Waals surface area contributed by atoms with Gasteiger partial charge in [-0.3, -0.25) is 9.78 Å². The smallest absolute Gasteiger partial charge is 0.230 e. The highest BCUT2D eigenvalue weighted by Gasteiger charge is 2.25. The lowest BCUT2D eigenvalue weighted by Crippen LogP contribution is -2.30. The number of amides is 1. The summed E-state index contributed by atoms with van der Waals surface area (Å²) in [6.07, 6.45) is 5.54. The van der Waals surface area contributed by atoms with Gasteiger partial charge in [0, 0.05) is 28.6 Å². The molecule has 6 heteroatoms. The maximum Gasteiger partial charge on any atom is 0.230 e. The van der Waals surface area contributed by atoms with Gasteiger partial charge >= 0.3 is 0 Å². The average Bonchev–Trinajstić information content (AvgIpc) is 2.95. The van der Waals surface area contributed by atoms with Gasteiger partial charge in [0.25, 0.3) is 0 Å². The SMILES string of the molecule is CC#CCNC(=O)C(CSC)c1sc(-c2cccnc2)nc1C. The van der Waals surface area contributed by atoms with Gasteiger partial charge in [0.2, 0.25) is 5.91 Å². The number of nitrogens with zero attached hydrogens (tertiary/aromatic N) is 2. The number of rotatable bonds is 6. The fraction of sp³-hybridized carbons (Fsp3) is 0.353. The molecule has 0 aliphatic heterocycles. The maximum absolute atomic E-state index is 12.5. The summed E-state index contributed by atoms with van der Waals surface area (Å²) in [6, 6.07) is 3.87. The van der Waals surface area contributed by atoms with E-state index in [9.17, 15) is 4.79 Å². The lowest BCUT2D eigenvalue weighted by Gasteiger charge is -2.13. The minimum atomic E-state index is -0.202. The van der Waals surface area contributed by atoms with Crippen LogP contribution in [0, 0.1) is 18.8 Å². The number of hydrogen-bond acceptors (Lipinski definition) is 5. The van der Waals surface area contributed by atoms with Crippen LogP contribution in [0.2, 0.25) is 0 Å². The molecule has 1 atom stereocenters. The monoisotopic (exact) mass is 345 g/mol. The number of hydrogen-bond donors (Lipinski definition) is 1. The standard InChI is InChI=1S/C17H19N3OS2/c1-4-5-9-19-16(21)14(11-22-3)15-12(2)20-17(23-15)13-7-6-8-18-10-13/h6-8,10,14H,9,11H2,1-3H3,(H,19,21). The normalized spacial score (nSPS) is 11.4. The fourth-order valence-corrected chi connectivity index (χ4v) is 4.04. The van der Waals surface area contributed by atoms with E-state index in [0.717, 1.165) is 26.9 Å². The zero-order valence-corrected chi connectivity index (χ0v) is 15.1. The number of nitrogens with one attached hydrogen (secondary N) is 1. The third kappa shape index (κ3) is 4.57. The first-order valence-electron chi connectivity index (χ1n) is 7.21. The predicted molar refractivity (Wildman–Crippen MR) is 97.7 cm³/mol. The second-order valence-electron chi connectivity index (χ2n) is 4.86. The number of pyridine rings is 1. The van der Waals surface area contributed by atoms with Gasteiger partial charge in [-0.25, -0.2) is 4.98 Å². The molecule has 2 aromatic rings. The van der Waals surface area contributed by atoms with Crippen LogP contribution in [0.3, 0.4) is 0 Å². The molecule has 0 fully saturated rings. The Morgan fingerprint density at radius 2 is 2.35 bits per heavy atom. The van der Waals surface area contributed by atoms with Crippen molar-refractivity contribution in [2.45, 2.75) is 19.8 Å². The van der Waals surface area contributed by atoms with Crippen molar-refractivity contribution < 1.29 is 4.79 Å². The summed E-state index contributed by atoms with van der Waals surface area (Å²) in [5.41, 5.74) is 1.89. The molecule has 0 aliphatic carbocycles. The number of thioether (sulfide) groups is 1. The number of aryl methyl sites for hydroxylation is 1. The van der Waals surface area contributed by atoms with Gasteiger partial charge < -0.3 is 5.32 Å². The van der Waals surface area contributed by atoms with Gasteiger partial charge in [0.05, 0.1) is 18.2 Å². The number of carbonyl (C=O) groups is 1. The van der Waals surface area contributed by atoms with Gasteiger partial charge in [0.15, 0.2) is 0 Å². The summed E-state index contributed by atoms with van der Waals surface area (Å²) in [7, 11) is 0. The van der Waals surface area contributed by atoms with Crippen LogP contribution in [-0.4, -0.2) is 34.4 Å². The molecule has 1 unspecified atom stereocenters. The molecule has 23 heavy (non-hydrogen) atoms.